The molecule has 90 valence electrons. The largest absolute Gasteiger partial charge is 0.494 e. The summed E-state index contributed by atoms with van der Waals surface area (Å²) in [5.74, 6) is 1.93. The van der Waals surface area contributed by atoms with Crippen LogP contribution in [0.15, 0.2) is 22.8 Å². The van der Waals surface area contributed by atoms with E-state index in [9.17, 15) is 0 Å². The summed E-state index contributed by atoms with van der Waals surface area (Å²) in [4.78, 5) is 4.39. The van der Waals surface area contributed by atoms with Crippen molar-refractivity contribution >= 4 is 26.8 Å². The number of halogens is 1. The molecule has 0 atom stereocenters. The first-order chi connectivity index (χ1) is 8.21. The number of nitrogens with zero attached hydrogens (tertiary/aromatic N) is 1. The van der Waals surface area contributed by atoms with Crippen LogP contribution in [0.5, 0.6) is 17.2 Å². The van der Waals surface area contributed by atoms with Crippen molar-refractivity contribution in [1.29, 1.82) is 0 Å². The van der Waals surface area contributed by atoms with Crippen LogP contribution in [0.1, 0.15) is 0 Å². The van der Waals surface area contributed by atoms with Gasteiger partial charge in [0.15, 0.2) is 11.5 Å². The number of hydrogen-bond donors (Lipinski definition) is 0. The zero-order valence-corrected chi connectivity index (χ0v) is 11.4. The van der Waals surface area contributed by atoms with Crippen molar-refractivity contribution in [2.75, 3.05) is 21.3 Å². The molecule has 0 N–H and O–H groups in total. The van der Waals surface area contributed by atoms with Gasteiger partial charge in [-0.05, 0) is 28.1 Å². The summed E-state index contributed by atoms with van der Waals surface area (Å²) >= 11 is 3.34. The van der Waals surface area contributed by atoms with E-state index in [0.717, 1.165) is 15.5 Å². The minimum Gasteiger partial charge on any atom is -0.494 e. The van der Waals surface area contributed by atoms with E-state index in [2.05, 4.69) is 20.9 Å². The lowest BCUT2D eigenvalue weighted by Crippen LogP contribution is -1.96. The number of rotatable bonds is 3. The lowest BCUT2D eigenvalue weighted by atomic mass is 10.1. The van der Waals surface area contributed by atoms with Gasteiger partial charge in [0.25, 0.3) is 0 Å². The van der Waals surface area contributed by atoms with E-state index >= 15 is 0 Å². The third-order valence-corrected chi connectivity index (χ3v) is 2.91. The molecule has 1 aromatic heterocycles. The molecule has 5 heteroatoms. The van der Waals surface area contributed by atoms with Gasteiger partial charge in [-0.1, -0.05) is 0 Å². The maximum absolute atomic E-state index is 5.35. The Morgan fingerprint density at radius 2 is 1.71 bits per heavy atom. The zero-order valence-electron chi connectivity index (χ0n) is 9.78. The van der Waals surface area contributed by atoms with Gasteiger partial charge in [0.05, 0.1) is 26.7 Å². The van der Waals surface area contributed by atoms with Gasteiger partial charge in [-0.2, -0.15) is 0 Å². The molecule has 1 heterocycles. The molecule has 0 aliphatic carbocycles. The number of fused-ring (bicyclic) bond motifs is 1. The van der Waals surface area contributed by atoms with Crippen LogP contribution in [-0.2, 0) is 0 Å². The first kappa shape index (κ1) is 12.0. The van der Waals surface area contributed by atoms with Gasteiger partial charge in [0, 0.05) is 6.07 Å². The summed E-state index contributed by atoms with van der Waals surface area (Å²) in [6, 6.07) is 5.53. The lowest BCUT2D eigenvalue weighted by molar-refractivity contribution is 0.353. The highest BCUT2D eigenvalue weighted by Gasteiger charge is 2.15. The van der Waals surface area contributed by atoms with Gasteiger partial charge in [0.1, 0.15) is 15.9 Å². The van der Waals surface area contributed by atoms with Crippen molar-refractivity contribution in [2.45, 2.75) is 0 Å². The maximum atomic E-state index is 5.35. The molecule has 0 radical (unpaired) electrons. The molecule has 0 saturated heterocycles. The van der Waals surface area contributed by atoms with Gasteiger partial charge in [0.2, 0.25) is 0 Å². The summed E-state index contributed by atoms with van der Waals surface area (Å²) in [6.07, 6.45) is 0. The average molecular weight is 298 g/mol. The van der Waals surface area contributed by atoms with Crippen LogP contribution in [0.25, 0.3) is 10.9 Å². The Hall–Kier alpha value is -1.49. The van der Waals surface area contributed by atoms with E-state index < -0.39 is 0 Å². The Labute approximate surface area is 108 Å². The van der Waals surface area contributed by atoms with Crippen LogP contribution in [0.2, 0.25) is 0 Å². The van der Waals surface area contributed by atoms with Crippen molar-refractivity contribution in [1.82, 2.24) is 4.98 Å². The molecule has 2 rings (SSSR count). The molecule has 0 spiro atoms. The SMILES string of the molecule is COc1cc(OC)c2nc(Br)ccc2c1OC. The molecule has 0 amide bonds. The normalized spacial score (nSPS) is 10.4. The van der Waals surface area contributed by atoms with Crippen LogP contribution < -0.4 is 14.2 Å². The molecule has 0 fully saturated rings. The maximum Gasteiger partial charge on any atom is 0.170 e. The first-order valence-corrected chi connectivity index (χ1v) is 5.75. The summed E-state index contributed by atoms with van der Waals surface area (Å²) in [5, 5.41) is 0.854. The van der Waals surface area contributed by atoms with Crippen LogP contribution in [-0.4, -0.2) is 26.3 Å². The minimum absolute atomic E-state index is 0.626. The molecule has 4 nitrogen and oxygen atoms in total. The molecule has 1 aromatic carbocycles. The molecule has 2 aromatic rings. The van der Waals surface area contributed by atoms with E-state index in [1.54, 1.807) is 27.4 Å². The number of aromatic nitrogens is 1. The number of ether oxygens (including phenoxy) is 3. The number of hydrogen-bond acceptors (Lipinski definition) is 4. The van der Waals surface area contributed by atoms with Gasteiger partial charge in [-0.25, -0.2) is 4.98 Å². The fourth-order valence-electron chi connectivity index (χ4n) is 1.71. The number of pyridine rings is 1. The smallest absolute Gasteiger partial charge is 0.170 e. The summed E-state index contributed by atoms with van der Waals surface area (Å²) in [5.41, 5.74) is 0.736. The fraction of sp³-hybridized carbons (Fsp3) is 0.250. The van der Waals surface area contributed by atoms with Crippen molar-refractivity contribution in [3.63, 3.8) is 0 Å². The van der Waals surface area contributed by atoms with Crippen LogP contribution in [0, 0.1) is 0 Å². The number of methoxy groups -OCH3 is 3. The first-order valence-electron chi connectivity index (χ1n) is 4.96. The van der Waals surface area contributed by atoms with Crippen LogP contribution >= 0.6 is 15.9 Å². The van der Waals surface area contributed by atoms with E-state index in [4.69, 9.17) is 14.2 Å². The monoisotopic (exact) mass is 297 g/mol. The minimum atomic E-state index is 0.626. The topological polar surface area (TPSA) is 40.6 Å². The molecule has 17 heavy (non-hydrogen) atoms. The van der Waals surface area contributed by atoms with Crippen molar-refractivity contribution in [3.05, 3.63) is 22.8 Å². The summed E-state index contributed by atoms with van der Waals surface area (Å²) in [7, 11) is 4.80. The van der Waals surface area contributed by atoms with E-state index in [-0.39, 0.29) is 0 Å². The second-order valence-electron chi connectivity index (χ2n) is 3.34. The molecular weight excluding hydrogens is 286 g/mol. The van der Waals surface area contributed by atoms with E-state index in [1.165, 1.54) is 0 Å². The lowest BCUT2D eigenvalue weighted by Gasteiger charge is -2.13. The second kappa shape index (κ2) is 4.79. The Morgan fingerprint density at radius 3 is 2.29 bits per heavy atom. The van der Waals surface area contributed by atoms with Gasteiger partial charge in [-0.3, -0.25) is 0 Å². The van der Waals surface area contributed by atoms with Crippen molar-refractivity contribution < 1.29 is 14.2 Å². The van der Waals surface area contributed by atoms with Gasteiger partial charge in [-0.15, -0.1) is 0 Å². The quantitative estimate of drug-likeness (QED) is 0.817. The van der Waals surface area contributed by atoms with Gasteiger partial charge >= 0.3 is 0 Å². The highest BCUT2D eigenvalue weighted by molar-refractivity contribution is 9.10. The van der Waals surface area contributed by atoms with E-state index in [0.29, 0.717) is 17.2 Å². The molecule has 0 bridgehead atoms. The van der Waals surface area contributed by atoms with Crippen molar-refractivity contribution in [2.24, 2.45) is 0 Å². The third kappa shape index (κ3) is 2.02. The predicted octanol–water partition coefficient (Wildman–Crippen LogP) is 3.02. The molecule has 0 saturated carbocycles. The predicted molar refractivity (Wildman–Crippen MR) is 69.1 cm³/mol. The van der Waals surface area contributed by atoms with Gasteiger partial charge < -0.3 is 14.2 Å². The standard InChI is InChI=1S/C12H12BrNO3/c1-15-8-6-9(16-2)12(17-3)7-4-5-10(13)14-11(7)8/h4-6H,1-3H3. The number of benzene rings is 1. The highest BCUT2D eigenvalue weighted by atomic mass is 79.9. The average Bonchev–Trinajstić information content (AvgIpc) is 2.36. The molecule has 0 aliphatic rings. The molecular formula is C12H12BrNO3. The summed E-state index contributed by atoms with van der Waals surface area (Å²) in [6.45, 7) is 0. The molecule has 0 unspecified atom stereocenters. The Balaban J connectivity index is 2.85. The van der Waals surface area contributed by atoms with Crippen LogP contribution in [0.3, 0.4) is 0 Å². The Morgan fingerprint density at radius 1 is 1.00 bits per heavy atom. The van der Waals surface area contributed by atoms with E-state index in [1.807, 2.05) is 12.1 Å². The van der Waals surface area contributed by atoms with Crippen molar-refractivity contribution in [3.8, 4) is 17.2 Å². The van der Waals surface area contributed by atoms with Crippen LogP contribution in [0.4, 0.5) is 0 Å². The summed E-state index contributed by atoms with van der Waals surface area (Å²) < 4.78 is 16.7. The zero-order chi connectivity index (χ0) is 12.4. The second-order valence-corrected chi connectivity index (χ2v) is 4.16. The molecule has 0 aliphatic heterocycles. The Bertz CT molecular complexity index is 557. The highest BCUT2D eigenvalue weighted by Crippen LogP contribution is 2.40. The third-order valence-electron chi connectivity index (χ3n) is 2.47. The fourth-order valence-corrected chi connectivity index (χ4v) is 2.02. The Kier molecular flexibility index (Phi) is 3.38.